The normalized spacial score (nSPS) is 10.6. The lowest BCUT2D eigenvalue weighted by molar-refractivity contribution is -0.118. The van der Waals surface area contributed by atoms with E-state index in [0.29, 0.717) is 18.2 Å². The van der Waals surface area contributed by atoms with Crippen LogP contribution in [-0.4, -0.2) is 17.4 Å². The van der Waals surface area contributed by atoms with Crippen LogP contribution in [0.3, 0.4) is 0 Å². The Morgan fingerprint density at radius 1 is 1.35 bits per heavy atom. The lowest BCUT2D eigenvalue weighted by atomic mass is 10.2. The van der Waals surface area contributed by atoms with Crippen LogP contribution < -0.4 is 5.32 Å². The summed E-state index contributed by atoms with van der Waals surface area (Å²) in [6.45, 7) is 4.72. The van der Waals surface area contributed by atoms with Crippen LogP contribution in [0.5, 0.6) is 0 Å². The SMILES string of the molecule is CC(C)CSCC(=O)NCc1ccc(F)cc1. The summed E-state index contributed by atoms with van der Waals surface area (Å²) in [7, 11) is 0. The van der Waals surface area contributed by atoms with Crippen LogP contribution in [0.15, 0.2) is 24.3 Å². The highest BCUT2D eigenvalue weighted by Gasteiger charge is 2.02. The fourth-order valence-corrected chi connectivity index (χ4v) is 2.12. The van der Waals surface area contributed by atoms with Crippen LogP contribution in [0.4, 0.5) is 4.39 Å². The van der Waals surface area contributed by atoms with Gasteiger partial charge in [-0.2, -0.15) is 11.8 Å². The molecule has 1 rings (SSSR count). The molecule has 0 saturated carbocycles. The zero-order chi connectivity index (χ0) is 12.7. The molecule has 1 N–H and O–H groups in total. The molecule has 0 aromatic heterocycles. The fraction of sp³-hybridized carbons (Fsp3) is 0.462. The van der Waals surface area contributed by atoms with E-state index in [9.17, 15) is 9.18 Å². The van der Waals surface area contributed by atoms with Gasteiger partial charge in [-0.15, -0.1) is 0 Å². The smallest absolute Gasteiger partial charge is 0.230 e. The average Bonchev–Trinajstić information content (AvgIpc) is 2.28. The summed E-state index contributed by atoms with van der Waals surface area (Å²) >= 11 is 1.64. The van der Waals surface area contributed by atoms with E-state index in [1.54, 1.807) is 23.9 Å². The summed E-state index contributed by atoms with van der Waals surface area (Å²) < 4.78 is 12.6. The molecular formula is C13H18FNOS. The first-order valence-electron chi connectivity index (χ1n) is 5.67. The summed E-state index contributed by atoms with van der Waals surface area (Å²) in [5, 5.41) is 2.81. The number of amides is 1. The third-order valence-electron chi connectivity index (χ3n) is 2.09. The van der Waals surface area contributed by atoms with Gasteiger partial charge in [0.15, 0.2) is 0 Å². The average molecular weight is 255 g/mol. The van der Waals surface area contributed by atoms with Gasteiger partial charge in [-0.1, -0.05) is 26.0 Å². The van der Waals surface area contributed by atoms with Gasteiger partial charge in [0.05, 0.1) is 5.75 Å². The molecule has 0 saturated heterocycles. The van der Waals surface area contributed by atoms with Gasteiger partial charge < -0.3 is 5.32 Å². The molecule has 2 nitrogen and oxygen atoms in total. The van der Waals surface area contributed by atoms with Crippen LogP contribution in [-0.2, 0) is 11.3 Å². The van der Waals surface area contributed by atoms with E-state index in [4.69, 9.17) is 0 Å². The predicted molar refractivity (Wildman–Crippen MR) is 70.4 cm³/mol. The largest absolute Gasteiger partial charge is 0.351 e. The molecule has 0 heterocycles. The third kappa shape index (κ3) is 6.31. The Morgan fingerprint density at radius 2 is 2.00 bits per heavy atom. The Kier molecular flexibility index (Phi) is 6.05. The minimum Gasteiger partial charge on any atom is -0.351 e. The number of benzene rings is 1. The summed E-state index contributed by atoms with van der Waals surface area (Å²) in [6.07, 6.45) is 0. The van der Waals surface area contributed by atoms with E-state index in [2.05, 4.69) is 19.2 Å². The molecule has 1 amide bonds. The maximum Gasteiger partial charge on any atom is 0.230 e. The van der Waals surface area contributed by atoms with Crippen molar-refractivity contribution < 1.29 is 9.18 Å². The van der Waals surface area contributed by atoms with Crippen LogP contribution in [0.25, 0.3) is 0 Å². The number of carbonyl (C=O) groups excluding carboxylic acids is 1. The quantitative estimate of drug-likeness (QED) is 0.847. The molecule has 0 aliphatic rings. The molecule has 1 aromatic carbocycles. The summed E-state index contributed by atoms with van der Waals surface area (Å²) in [5.74, 6) is 1.85. The first-order valence-corrected chi connectivity index (χ1v) is 6.82. The molecule has 1 aromatic rings. The first kappa shape index (κ1) is 14.0. The number of carbonyl (C=O) groups is 1. The van der Waals surface area contributed by atoms with Gasteiger partial charge in [0.1, 0.15) is 5.82 Å². The molecule has 0 aliphatic heterocycles. The fourth-order valence-electron chi connectivity index (χ4n) is 1.24. The Morgan fingerprint density at radius 3 is 2.59 bits per heavy atom. The zero-order valence-corrected chi connectivity index (χ0v) is 11.0. The van der Waals surface area contributed by atoms with Crippen molar-refractivity contribution in [2.75, 3.05) is 11.5 Å². The van der Waals surface area contributed by atoms with Crippen molar-refractivity contribution in [1.82, 2.24) is 5.32 Å². The number of thioether (sulfide) groups is 1. The van der Waals surface area contributed by atoms with Gasteiger partial charge in [-0.05, 0) is 29.4 Å². The van der Waals surface area contributed by atoms with Crippen molar-refractivity contribution >= 4 is 17.7 Å². The van der Waals surface area contributed by atoms with Gasteiger partial charge in [0, 0.05) is 6.54 Å². The number of rotatable bonds is 6. The maximum atomic E-state index is 12.6. The molecule has 0 atom stereocenters. The Hall–Kier alpha value is -1.03. The maximum absolute atomic E-state index is 12.6. The van der Waals surface area contributed by atoms with Gasteiger partial charge in [-0.25, -0.2) is 4.39 Å². The topological polar surface area (TPSA) is 29.1 Å². The van der Waals surface area contributed by atoms with Crippen molar-refractivity contribution in [3.05, 3.63) is 35.6 Å². The van der Waals surface area contributed by atoms with Crippen molar-refractivity contribution in [3.8, 4) is 0 Å². The van der Waals surface area contributed by atoms with Crippen LogP contribution in [0.2, 0.25) is 0 Å². The third-order valence-corrected chi connectivity index (χ3v) is 3.46. The van der Waals surface area contributed by atoms with Crippen molar-refractivity contribution in [3.63, 3.8) is 0 Å². The van der Waals surface area contributed by atoms with E-state index in [-0.39, 0.29) is 11.7 Å². The monoisotopic (exact) mass is 255 g/mol. The second-order valence-electron chi connectivity index (χ2n) is 4.31. The van der Waals surface area contributed by atoms with E-state index < -0.39 is 0 Å². The molecule has 94 valence electrons. The minimum absolute atomic E-state index is 0.0278. The van der Waals surface area contributed by atoms with E-state index >= 15 is 0 Å². The second-order valence-corrected chi connectivity index (χ2v) is 5.34. The predicted octanol–water partition coefficient (Wildman–Crippen LogP) is 2.83. The molecule has 0 unspecified atom stereocenters. The Balaban J connectivity index is 2.21. The highest BCUT2D eigenvalue weighted by atomic mass is 32.2. The van der Waals surface area contributed by atoms with E-state index in [1.165, 1.54) is 12.1 Å². The number of hydrogen-bond acceptors (Lipinski definition) is 2. The number of nitrogens with one attached hydrogen (secondary N) is 1. The zero-order valence-electron chi connectivity index (χ0n) is 10.2. The van der Waals surface area contributed by atoms with Crippen LogP contribution in [0.1, 0.15) is 19.4 Å². The van der Waals surface area contributed by atoms with E-state index in [0.717, 1.165) is 11.3 Å². The molecule has 17 heavy (non-hydrogen) atoms. The summed E-state index contributed by atoms with van der Waals surface area (Å²) in [5.41, 5.74) is 0.911. The lowest BCUT2D eigenvalue weighted by Crippen LogP contribution is -2.24. The molecule has 0 bridgehead atoms. The van der Waals surface area contributed by atoms with E-state index in [1.807, 2.05) is 0 Å². The molecule has 0 aliphatic carbocycles. The summed E-state index contributed by atoms with van der Waals surface area (Å²) in [4.78, 5) is 11.5. The molecule has 0 fully saturated rings. The van der Waals surface area contributed by atoms with Gasteiger partial charge in [0.2, 0.25) is 5.91 Å². The van der Waals surface area contributed by atoms with Crippen LogP contribution in [0, 0.1) is 11.7 Å². The molecule has 4 heteroatoms. The molecule has 0 spiro atoms. The number of hydrogen-bond donors (Lipinski definition) is 1. The van der Waals surface area contributed by atoms with Crippen molar-refractivity contribution in [2.24, 2.45) is 5.92 Å². The van der Waals surface area contributed by atoms with Gasteiger partial charge in [-0.3, -0.25) is 4.79 Å². The van der Waals surface area contributed by atoms with Crippen molar-refractivity contribution in [2.45, 2.75) is 20.4 Å². The summed E-state index contributed by atoms with van der Waals surface area (Å²) in [6, 6.07) is 6.15. The van der Waals surface area contributed by atoms with Crippen molar-refractivity contribution in [1.29, 1.82) is 0 Å². The van der Waals surface area contributed by atoms with Crippen LogP contribution >= 0.6 is 11.8 Å². The Bertz CT molecular complexity index is 351. The highest BCUT2D eigenvalue weighted by Crippen LogP contribution is 2.07. The standard InChI is InChI=1S/C13H18FNOS/c1-10(2)8-17-9-13(16)15-7-11-3-5-12(14)6-4-11/h3-6,10H,7-9H2,1-2H3,(H,15,16). The molecule has 0 radical (unpaired) electrons. The van der Waals surface area contributed by atoms with Gasteiger partial charge >= 0.3 is 0 Å². The second kappa shape index (κ2) is 7.33. The number of halogens is 1. The minimum atomic E-state index is -0.257. The molecular weight excluding hydrogens is 237 g/mol. The Labute approximate surface area is 106 Å². The first-order chi connectivity index (χ1) is 8.08. The lowest BCUT2D eigenvalue weighted by Gasteiger charge is -2.06. The highest BCUT2D eigenvalue weighted by molar-refractivity contribution is 7.99. The van der Waals surface area contributed by atoms with Gasteiger partial charge in [0.25, 0.3) is 0 Å².